The van der Waals surface area contributed by atoms with Gasteiger partial charge in [-0.2, -0.15) is 8.78 Å². The summed E-state index contributed by atoms with van der Waals surface area (Å²) in [5.41, 5.74) is 3.55. The number of aliphatic hydroxyl groups is 1. The average molecular weight is 278 g/mol. The van der Waals surface area contributed by atoms with Crippen LogP contribution in [0, 0.1) is 13.8 Å². The number of alkyl halides is 2. The molecule has 1 atom stereocenters. The molecule has 1 N–H and O–H groups in total. The van der Waals surface area contributed by atoms with E-state index in [9.17, 15) is 13.9 Å². The van der Waals surface area contributed by atoms with Crippen molar-refractivity contribution in [1.29, 1.82) is 0 Å². The molecule has 0 fully saturated rings. The zero-order chi connectivity index (χ0) is 14.7. The highest BCUT2D eigenvalue weighted by Crippen LogP contribution is 2.26. The van der Waals surface area contributed by atoms with Crippen molar-refractivity contribution in [2.45, 2.75) is 26.6 Å². The number of halogens is 2. The lowest BCUT2D eigenvalue weighted by Gasteiger charge is -2.14. The van der Waals surface area contributed by atoms with Crippen LogP contribution >= 0.6 is 0 Å². The lowest BCUT2D eigenvalue weighted by atomic mass is 9.98. The van der Waals surface area contributed by atoms with Gasteiger partial charge in [0.05, 0.1) is 0 Å². The molecule has 2 aromatic rings. The molecule has 1 unspecified atom stereocenters. The van der Waals surface area contributed by atoms with Gasteiger partial charge in [0.1, 0.15) is 11.9 Å². The van der Waals surface area contributed by atoms with Crippen LogP contribution in [0.25, 0.3) is 0 Å². The number of aliphatic hydroxyl groups excluding tert-OH is 1. The molecule has 0 amide bonds. The summed E-state index contributed by atoms with van der Waals surface area (Å²) in [5, 5.41) is 10.3. The standard InChI is InChI=1S/C16H16F2O2/c1-10-7-11(2)9-13(8-10)15(19)12-3-5-14(6-4-12)20-16(17)18/h3-9,15-16,19H,1-2H3. The molecule has 0 saturated heterocycles. The van der Waals surface area contributed by atoms with Crippen molar-refractivity contribution in [1.82, 2.24) is 0 Å². The van der Waals surface area contributed by atoms with Crippen molar-refractivity contribution in [2.24, 2.45) is 0 Å². The van der Waals surface area contributed by atoms with Gasteiger partial charge in [0.2, 0.25) is 0 Å². The quantitative estimate of drug-likeness (QED) is 0.916. The van der Waals surface area contributed by atoms with E-state index in [-0.39, 0.29) is 5.75 Å². The van der Waals surface area contributed by atoms with Gasteiger partial charge in [-0.15, -0.1) is 0 Å². The molecule has 0 aromatic heterocycles. The van der Waals surface area contributed by atoms with Gasteiger partial charge >= 0.3 is 6.61 Å². The molecule has 0 aliphatic heterocycles. The maximum absolute atomic E-state index is 12.1. The molecule has 4 heteroatoms. The fourth-order valence-electron chi connectivity index (χ4n) is 2.19. The summed E-state index contributed by atoms with van der Waals surface area (Å²) < 4.78 is 28.4. The van der Waals surface area contributed by atoms with Crippen LogP contribution in [-0.4, -0.2) is 11.7 Å². The number of ether oxygens (including phenoxy) is 1. The highest BCUT2D eigenvalue weighted by molar-refractivity contribution is 5.37. The molecule has 20 heavy (non-hydrogen) atoms. The Labute approximate surface area is 116 Å². The van der Waals surface area contributed by atoms with Crippen LogP contribution in [0.1, 0.15) is 28.4 Å². The number of hydrogen-bond acceptors (Lipinski definition) is 2. The molecule has 106 valence electrons. The van der Waals surface area contributed by atoms with Gasteiger partial charge in [0.15, 0.2) is 0 Å². The SMILES string of the molecule is Cc1cc(C)cc(C(O)c2ccc(OC(F)F)cc2)c1. The maximum atomic E-state index is 12.1. The third-order valence-corrected chi connectivity index (χ3v) is 2.98. The van der Waals surface area contributed by atoms with Crippen LogP contribution in [0.5, 0.6) is 5.75 Å². The molecule has 0 aliphatic rings. The van der Waals surface area contributed by atoms with Crippen molar-refractivity contribution in [3.63, 3.8) is 0 Å². The van der Waals surface area contributed by atoms with Gasteiger partial charge in [-0.05, 0) is 37.1 Å². The number of benzene rings is 2. The van der Waals surface area contributed by atoms with Crippen molar-refractivity contribution < 1.29 is 18.6 Å². The lowest BCUT2D eigenvalue weighted by Crippen LogP contribution is -2.03. The van der Waals surface area contributed by atoms with Gasteiger partial charge in [0.25, 0.3) is 0 Å². The van der Waals surface area contributed by atoms with Gasteiger partial charge in [-0.3, -0.25) is 0 Å². The highest BCUT2D eigenvalue weighted by Gasteiger charge is 2.12. The molecule has 2 nitrogen and oxygen atoms in total. The second-order valence-corrected chi connectivity index (χ2v) is 4.77. The largest absolute Gasteiger partial charge is 0.435 e. The van der Waals surface area contributed by atoms with Gasteiger partial charge in [-0.1, -0.05) is 41.5 Å². The Morgan fingerprint density at radius 3 is 1.95 bits per heavy atom. The molecule has 2 rings (SSSR count). The molecule has 2 aromatic carbocycles. The van der Waals surface area contributed by atoms with E-state index in [0.29, 0.717) is 5.56 Å². The predicted octanol–water partition coefficient (Wildman–Crippen LogP) is 3.99. The van der Waals surface area contributed by atoms with Crippen molar-refractivity contribution >= 4 is 0 Å². The molecule has 0 saturated carbocycles. The molecular weight excluding hydrogens is 262 g/mol. The van der Waals surface area contributed by atoms with E-state index in [1.807, 2.05) is 32.0 Å². The first kappa shape index (κ1) is 14.5. The fourth-order valence-corrected chi connectivity index (χ4v) is 2.19. The van der Waals surface area contributed by atoms with Crippen LogP contribution < -0.4 is 4.74 Å². The summed E-state index contributed by atoms with van der Waals surface area (Å²) in [6.07, 6.45) is -0.783. The number of rotatable bonds is 4. The Bertz CT molecular complexity index is 559. The normalized spacial score (nSPS) is 12.5. The number of aryl methyl sites for hydroxylation is 2. The third-order valence-electron chi connectivity index (χ3n) is 2.98. The van der Waals surface area contributed by atoms with Crippen molar-refractivity contribution in [3.05, 3.63) is 64.7 Å². The Morgan fingerprint density at radius 2 is 1.45 bits per heavy atom. The first-order chi connectivity index (χ1) is 9.45. The van der Waals surface area contributed by atoms with Gasteiger partial charge in [-0.25, -0.2) is 0 Å². The fraction of sp³-hybridized carbons (Fsp3) is 0.250. The summed E-state index contributed by atoms with van der Waals surface area (Å²) in [4.78, 5) is 0. The summed E-state index contributed by atoms with van der Waals surface area (Å²) in [5.74, 6) is 0.0800. The topological polar surface area (TPSA) is 29.5 Å². The zero-order valence-electron chi connectivity index (χ0n) is 11.3. The maximum Gasteiger partial charge on any atom is 0.387 e. The molecule has 0 radical (unpaired) electrons. The average Bonchev–Trinajstić information content (AvgIpc) is 2.37. The van der Waals surface area contributed by atoms with Crippen molar-refractivity contribution in [2.75, 3.05) is 0 Å². The second kappa shape index (κ2) is 6.01. The molecule has 0 heterocycles. The van der Waals surface area contributed by atoms with Crippen molar-refractivity contribution in [3.8, 4) is 5.75 Å². The number of hydrogen-bond donors (Lipinski definition) is 1. The second-order valence-electron chi connectivity index (χ2n) is 4.77. The minimum atomic E-state index is -2.84. The Balaban J connectivity index is 2.22. The smallest absolute Gasteiger partial charge is 0.387 e. The van der Waals surface area contributed by atoms with Crippen LogP contribution in [0.15, 0.2) is 42.5 Å². The monoisotopic (exact) mass is 278 g/mol. The molecule has 0 bridgehead atoms. The van der Waals surface area contributed by atoms with Gasteiger partial charge < -0.3 is 9.84 Å². The summed E-state index contributed by atoms with van der Waals surface area (Å²) in [6.45, 7) is 1.08. The molecule has 0 spiro atoms. The molecular formula is C16H16F2O2. The summed E-state index contributed by atoms with van der Waals surface area (Å²) in [6, 6.07) is 11.8. The van der Waals surface area contributed by atoms with Crippen LogP contribution in [0.3, 0.4) is 0 Å². The van der Waals surface area contributed by atoms with Crippen LogP contribution in [0.2, 0.25) is 0 Å². The Hall–Kier alpha value is -1.94. The van der Waals surface area contributed by atoms with Crippen LogP contribution in [0.4, 0.5) is 8.78 Å². The van der Waals surface area contributed by atoms with E-state index >= 15 is 0 Å². The van der Waals surface area contributed by atoms with Crippen LogP contribution in [-0.2, 0) is 0 Å². The van der Waals surface area contributed by atoms with E-state index in [1.54, 1.807) is 12.1 Å². The van der Waals surface area contributed by atoms with E-state index in [0.717, 1.165) is 16.7 Å². The van der Waals surface area contributed by atoms with Gasteiger partial charge in [0, 0.05) is 0 Å². The lowest BCUT2D eigenvalue weighted by molar-refractivity contribution is -0.0498. The first-order valence-corrected chi connectivity index (χ1v) is 6.27. The minimum Gasteiger partial charge on any atom is -0.435 e. The third kappa shape index (κ3) is 3.54. The van der Waals surface area contributed by atoms with E-state index in [4.69, 9.17) is 0 Å². The highest BCUT2D eigenvalue weighted by atomic mass is 19.3. The Kier molecular flexibility index (Phi) is 4.35. The minimum absolute atomic E-state index is 0.0800. The summed E-state index contributed by atoms with van der Waals surface area (Å²) in [7, 11) is 0. The van der Waals surface area contributed by atoms with E-state index in [1.165, 1.54) is 12.1 Å². The predicted molar refractivity (Wildman–Crippen MR) is 73.1 cm³/mol. The Morgan fingerprint density at radius 1 is 0.900 bits per heavy atom. The van der Waals surface area contributed by atoms with E-state index in [2.05, 4.69) is 4.74 Å². The summed E-state index contributed by atoms with van der Waals surface area (Å²) >= 11 is 0. The molecule has 0 aliphatic carbocycles. The zero-order valence-corrected chi connectivity index (χ0v) is 11.3. The first-order valence-electron chi connectivity index (χ1n) is 6.27. The van der Waals surface area contributed by atoms with E-state index < -0.39 is 12.7 Å².